The zero-order valence-corrected chi connectivity index (χ0v) is 16.0. The highest BCUT2D eigenvalue weighted by molar-refractivity contribution is 9.10. The van der Waals surface area contributed by atoms with Crippen LogP contribution < -0.4 is 0 Å². The van der Waals surface area contributed by atoms with E-state index in [1.54, 1.807) is 37.2 Å². The molecule has 1 aliphatic heterocycles. The van der Waals surface area contributed by atoms with Crippen molar-refractivity contribution in [2.75, 3.05) is 53.5 Å². The van der Waals surface area contributed by atoms with Crippen LogP contribution in [0.15, 0.2) is 22.7 Å². The summed E-state index contributed by atoms with van der Waals surface area (Å²) in [5.41, 5.74) is 0.900. The topological polar surface area (TPSA) is 56.3 Å². The van der Waals surface area contributed by atoms with Crippen LogP contribution in [0.2, 0.25) is 0 Å². The van der Waals surface area contributed by atoms with Crippen molar-refractivity contribution in [3.05, 3.63) is 28.2 Å². The third kappa shape index (κ3) is 5.65. The molecule has 1 aliphatic rings. The van der Waals surface area contributed by atoms with E-state index in [9.17, 15) is 9.90 Å². The summed E-state index contributed by atoms with van der Waals surface area (Å²) in [5, 5.41) is 9.69. The maximum Gasteiger partial charge on any atom is 0.319 e. The van der Waals surface area contributed by atoms with Gasteiger partial charge in [0.1, 0.15) is 5.75 Å². The van der Waals surface area contributed by atoms with Crippen LogP contribution in [-0.4, -0.2) is 79.3 Å². The first kappa shape index (κ1) is 19.0. The molecule has 0 bridgehead atoms. The minimum Gasteiger partial charge on any atom is -0.508 e. The van der Waals surface area contributed by atoms with Crippen molar-refractivity contribution in [2.45, 2.75) is 13.0 Å². The predicted octanol–water partition coefficient (Wildman–Crippen LogP) is 2.36. The van der Waals surface area contributed by atoms with E-state index in [2.05, 4.69) is 20.8 Å². The zero-order valence-electron chi connectivity index (χ0n) is 14.4. The van der Waals surface area contributed by atoms with Crippen LogP contribution in [0.3, 0.4) is 0 Å². The number of halogens is 1. The van der Waals surface area contributed by atoms with Crippen molar-refractivity contribution in [1.29, 1.82) is 0 Å². The number of morpholine rings is 1. The van der Waals surface area contributed by atoms with Gasteiger partial charge in [0.15, 0.2) is 0 Å². The lowest BCUT2D eigenvalue weighted by Gasteiger charge is -2.30. The average molecular weight is 400 g/mol. The SMILES string of the molecule is CN(C)C(=O)N(CCCN1CCOCC1)Cc1cc(O)ccc1Br. The summed E-state index contributed by atoms with van der Waals surface area (Å²) in [5.74, 6) is 0.207. The Morgan fingerprint density at radius 3 is 2.71 bits per heavy atom. The highest BCUT2D eigenvalue weighted by Gasteiger charge is 2.18. The van der Waals surface area contributed by atoms with Crippen LogP contribution >= 0.6 is 15.9 Å². The molecule has 2 amide bonds. The van der Waals surface area contributed by atoms with Crippen LogP contribution in [-0.2, 0) is 11.3 Å². The summed E-state index contributed by atoms with van der Waals surface area (Å²) in [7, 11) is 3.52. The van der Waals surface area contributed by atoms with Gasteiger partial charge in [0.2, 0.25) is 0 Å². The molecule has 0 radical (unpaired) electrons. The number of phenolic OH excluding ortho intramolecular Hbond substituents is 1. The Balaban J connectivity index is 1.96. The Morgan fingerprint density at radius 1 is 1.33 bits per heavy atom. The fourth-order valence-electron chi connectivity index (χ4n) is 2.72. The first-order valence-electron chi connectivity index (χ1n) is 8.21. The number of aromatic hydroxyl groups is 1. The third-order valence-electron chi connectivity index (χ3n) is 4.05. The quantitative estimate of drug-likeness (QED) is 0.797. The van der Waals surface area contributed by atoms with E-state index in [-0.39, 0.29) is 11.8 Å². The molecule has 1 fully saturated rings. The molecule has 0 atom stereocenters. The number of carbonyl (C=O) groups is 1. The number of ether oxygens (including phenoxy) is 1. The summed E-state index contributed by atoms with van der Waals surface area (Å²) in [6.07, 6.45) is 0.913. The maximum absolute atomic E-state index is 12.5. The molecule has 1 heterocycles. The number of urea groups is 1. The fourth-order valence-corrected chi connectivity index (χ4v) is 3.10. The highest BCUT2D eigenvalue weighted by Crippen LogP contribution is 2.23. The summed E-state index contributed by atoms with van der Waals surface area (Å²) in [4.78, 5) is 18.2. The van der Waals surface area contributed by atoms with E-state index < -0.39 is 0 Å². The first-order chi connectivity index (χ1) is 11.5. The minimum atomic E-state index is -0.0211. The lowest BCUT2D eigenvalue weighted by atomic mass is 10.2. The molecule has 6 nitrogen and oxygen atoms in total. The lowest BCUT2D eigenvalue weighted by Crippen LogP contribution is -2.41. The van der Waals surface area contributed by atoms with Crippen LogP contribution in [0.5, 0.6) is 5.75 Å². The molecule has 1 aromatic rings. The number of hydrogen-bond acceptors (Lipinski definition) is 4. The largest absolute Gasteiger partial charge is 0.508 e. The molecule has 0 spiro atoms. The van der Waals surface area contributed by atoms with E-state index in [1.807, 2.05) is 4.90 Å². The van der Waals surface area contributed by atoms with E-state index in [4.69, 9.17) is 4.74 Å². The molecule has 1 N–H and O–H groups in total. The van der Waals surface area contributed by atoms with Gasteiger partial charge < -0.3 is 19.6 Å². The molecule has 2 rings (SSSR count). The number of benzene rings is 1. The Labute approximate surface area is 152 Å². The van der Waals surface area contributed by atoms with Gasteiger partial charge in [-0.15, -0.1) is 0 Å². The molecule has 0 saturated carbocycles. The van der Waals surface area contributed by atoms with Gasteiger partial charge in [-0.3, -0.25) is 4.90 Å². The minimum absolute atomic E-state index is 0.0211. The second kappa shape index (κ2) is 9.25. The van der Waals surface area contributed by atoms with Gasteiger partial charge in [0.25, 0.3) is 0 Å². The van der Waals surface area contributed by atoms with Gasteiger partial charge in [-0.2, -0.15) is 0 Å². The van der Waals surface area contributed by atoms with Gasteiger partial charge in [-0.25, -0.2) is 4.79 Å². The van der Waals surface area contributed by atoms with Crippen molar-refractivity contribution in [2.24, 2.45) is 0 Å². The van der Waals surface area contributed by atoms with Crippen LogP contribution in [0.1, 0.15) is 12.0 Å². The molecular formula is C17H26BrN3O3. The van der Waals surface area contributed by atoms with Gasteiger partial charge >= 0.3 is 6.03 Å². The van der Waals surface area contributed by atoms with Crippen LogP contribution in [0, 0.1) is 0 Å². The number of amides is 2. The normalized spacial score (nSPS) is 15.3. The van der Waals surface area contributed by atoms with Crippen molar-refractivity contribution in [3.8, 4) is 5.75 Å². The molecular weight excluding hydrogens is 374 g/mol. The van der Waals surface area contributed by atoms with Crippen LogP contribution in [0.4, 0.5) is 4.79 Å². The Bertz CT molecular complexity index is 548. The van der Waals surface area contributed by atoms with Crippen molar-refractivity contribution >= 4 is 22.0 Å². The lowest BCUT2D eigenvalue weighted by molar-refractivity contribution is 0.0363. The van der Waals surface area contributed by atoms with E-state index in [0.29, 0.717) is 13.1 Å². The van der Waals surface area contributed by atoms with E-state index in [0.717, 1.165) is 49.3 Å². The number of hydrogen-bond donors (Lipinski definition) is 1. The Morgan fingerprint density at radius 2 is 2.04 bits per heavy atom. The molecule has 134 valence electrons. The zero-order chi connectivity index (χ0) is 17.5. The molecule has 0 aromatic heterocycles. The van der Waals surface area contributed by atoms with Gasteiger partial charge in [0, 0.05) is 51.3 Å². The maximum atomic E-state index is 12.5. The van der Waals surface area contributed by atoms with Crippen LogP contribution in [0.25, 0.3) is 0 Å². The number of rotatable bonds is 6. The first-order valence-corrected chi connectivity index (χ1v) is 9.00. The standard InChI is InChI=1S/C17H26BrN3O3/c1-19(2)17(23)21(7-3-6-20-8-10-24-11-9-20)13-14-12-15(22)4-5-16(14)18/h4-5,12,22H,3,6-11,13H2,1-2H3. The molecule has 24 heavy (non-hydrogen) atoms. The second-order valence-corrected chi connectivity index (χ2v) is 7.04. The molecule has 0 aliphatic carbocycles. The summed E-state index contributed by atoms with van der Waals surface area (Å²) < 4.78 is 6.25. The predicted molar refractivity (Wildman–Crippen MR) is 97.2 cm³/mol. The van der Waals surface area contributed by atoms with Crippen molar-refractivity contribution in [1.82, 2.24) is 14.7 Å². The molecule has 1 saturated heterocycles. The summed E-state index contributed by atoms with van der Waals surface area (Å²) >= 11 is 3.49. The van der Waals surface area contributed by atoms with Crippen molar-refractivity contribution < 1.29 is 14.6 Å². The molecule has 1 aromatic carbocycles. The van der Waals surface area contributed by atoms with Gasteiger partial charge in [-0.05, 0) is 30.2 Å². The molecule has 0 unspecified atom stereocenters. The summed E-state index contributed by atoms with van der Waals surface area (Å²) in [6, 6.07) is 5.11. The molecule has 7 heteroatoms. The number of carbonyl (C=O) groups excluding carboxylic acids is 1. The van der Waals surface area contributed by atoms with E-state index >= 15 is 0 Å². The Kier molecular flexibility index (Phi) is 7.33. The van der Waals surface area contributed by atoms with Gasteiger partial charge in [0.05, 0.1) is 13.2 Å². The smallest absolute Gasteiger partial charge is 0.319 e. The monoisotopic (exact) mass is 399 g/mol. The third-order valence-corrected chi connectivity index (χ3v) is 4.82. The fraction of sp³-hybridized carbons (Fsp3) is 0.588. The van der Waals surface area contributed by atoms with E-state index in [1.165, 1.54) is 0 Å². The average Bonchev–Trinajstić information content (AvgIpc) is 2.57. The van der Waals surface area contributed by atoms with Crippen molar-refractivity contribution in [3.63, 3.8) is 0 Å². The summed E-state index contributed by atoms with van der Waals surface area (Å²) in [6.45, 7) is 5.60. The van der Waals surface area contributed by atoms with Gasteiger partial charge in [-0.1, -0.05) is 15.9 Å². The Hall–Kier alpha value is -1.31. The highest BCUT2D eigenvalue weighted by atomic mass is 79.9. The number of phenols is 1. The second-order valence-electron chi connectivity index (χ2n) is 6.18. The number of nitrogens with zero attached hydrogens (tertiary/aromatic N) is 3.